The number of halogens is 1. The Hall–Kier alpha value is -1.07. The Kier molecular flexibility index (Phi) is 3.92. The molecule has 18 heavy (non-hydrogen) atoms. The van der Waals surface area contributed by atoms with Crippen LogP contribution in [0.5, 0.6) is 5.75 Å². The molecule has 0 saturated carbocycles. The lowest BCUT2D eigenvalue weighted by atomic mass is 10.0. The number of benzene rings is 1. The van der Waals surface area contributed by atoms with E-state index in [1.54, 1.807) is 19.2 Å². The fraction of sp³-hybridized carbons (Fsp3) is 0.462. The van der Waals surface area contributed by atoms with Gasteiger partial charge in [0.25, 0.3) is 5.91 Å². The summed E-state index contributed by atoms with van der Waals surface area (Å²) in [6.45, 7) is 3.79. The zero-order valence-electron chi connectivity index (χ0n) is 10.5. The molecule has 1 fully saturated rings. The van der Waals surface area contributed by atoms with Gasteiger partial charge in [0.15, 0.2) is 0 Å². The van der Waals surface area contributed by atoms with Crippen molar-refractivity contribution in [1.29, 1.82) is 0 Å². The zero-order chi connectivity index (χ0) is 13.2. The van der Waals surface area contributed by atoms with E-state index in [1.807, 2.05) is 6.07 Å². The van der Waals surface area contributed by atoms with Crippen molar-refractivity contribution in [3.63, 3.8) is 0 Å². The van der Waals surface area contributed by atoms with Gasteiger partial charge in [0.2, 0.25) is 0 Å². The third-order valence-electron chi connectivity index (χ3n) is 3.19. The van der Waals surface area contributed by atoms with Crippen LogP contribution in [0.1, 0.15) is 23.7 Å². The van der Waals surface area contributed by atoms with Crippen LogP contribution in [-0.4, -0.2) is 31.6 Å². The van der Waals surface area contributed by atoms with Gasteiger partial charge >= 0.3 is 0 Å². The van der Waals surface area contributed by atoms with Crippen LogP contribution in [0.25, 0.3) is 0 Å². The van der Waals surface area contributed by atoms with Gasteiger partial charge in [-0.1, -0.05) is 15.9 Å². The minimum atomic E-state index is -0.171. The first-order chi connectivity index (χ1) is 8.54. The van der Waals surface area contributed by atoms with Crippen molar-refractivity contribution in [3.8, 4) is 5.75 Å². The Morgan fingerprint density at radius 1 is 1.56 bits per heavy atom. The van der Waals surface area contributed by atoms with Gasteiger partial charge in [-0.25, -0.2) is 0 Å². The Labute approximate surface area is 115 Å². The second-order valence-electron chi connectivity index (χ2n) is 4.79. The third kappa shape index (κ3) is 2.84. The van der Waals surface area contributed by atoms with Gasteiger partial charge < -0.3 is 15.4 Å². The van der Waals surface area contributed by atoms with Crippen LogP contribution < -0.4 is 15.4 Å². The molecule has 1 aliphatic heterocycles. The number of carbonyl (C=O) groups is 1. The van der Waals surface area contributed by atoms with E-state index in [-0.39, 0.29) is 11.4 Å². The first kappa shape index (κ1) is 13.4. The van der Waals surface area contributed by atoms with Gasteiger partial charge in [0, 0.05) is 11.0 Å². The molecule has 98 valence electrons. The summed E-state index contributed by atoms with van der Waals surface area (Å²) in [5, 5.41) is 6.32. The fourth-order valence-electron chi connectivity index (χ4n) is 2.12. The molecule has 1 heterocycles. The van der Waals surface area contributed by atoms with E-state index in [1.165, 1.54) is 0 Å². The molecule has 0 aliphatic carbocycles. The van der Waals surface area contributed by atoms with Crippen LogP contribution in [0.4, 0.5) is 0 Å². The molecule has 1 atom stereocenters. The summed E-state index contributed by atoms with van der Waals surface area (Å²) in [7, 11) is 1.57. The normalized spacial score (nSPS) is 22.8. The summed E-state index contributed by atoms with van der Waals surface area (Å²) in [4.78, 5) is 12.3. The molecule has 1 aromatic carbocycles. The van der Waals surface area contributed by atoms with Crippen molar-refractivity contribution in [1.82, 2.24) is 10.6 Å². The number of carbonyl (C=O) groups excluding carboxylic acids is 1. The van der Waals surface area contributed by atoms with Crippen LogP contribution in [0.3, 0.4) is 0 Å². The molecule has 0 aromatic heterocycles. The minimum absolute atomic E-state index is 0.0921. The molecule has 1 aromatic rings. The van der Waals surface area contributed by atoms with Crippen LogP contribution in [-0.2, 0) is 0 Å². The van der Waals surface area contributed by atoms with E-state index >= 15 is 0 Å². The second-order valence-corrected chi connectivity index (χ2v) is 5.70. The average molecular weight is 313 g/mol. The molecule has 2 rings (SSSR count). The van der Waals surface area contributed by atoms with E-state index in [4.69, 9.17) is 4.74 Å². The van der Waals surface area contributed by atoms with Crippen molar-refractivity contribution < 1.29 is 9.53 Å². The van der Waals surface area contributed by atoms with Gasteiger partial charge in [-0.05, 0) is 38.1 Å². The van der Waals surface area contributed by atoms with Gasteiger partial charge in [0.1, 0.15) is 5.75 Å². The number of rotatable bonds is 3. The maximum absolute atomic E-state index is 12.3. The van der Waals surface area contributed by atoms with Crippen LogP contribution in [0.15, 0.2) is 22.7 Å². The van der Waals surface area contributed by atoms with Crippen molar-refractivity contribution in [2.45, 2.75) is 18.9 Å². The standard InChI is InChI=1S/C13H17BrN2O2/c1-13(5-6-15-8-13)16-12(17)10-4-3-9(14)7-11(10)18-2/h3-4,7,15H,5-6,8H2,1-2H3,(H,16,17). The van der Waals surface area contributed by atoms with Crippen molar-refractivity contribution >= 4 is 21.8 Å². The highest BCUT2D eigenvalue weighted by Crippen LogP contribution is 2.24. The maximum Gasteiger partial charge on any atom is 0.255 e. The van der Waals surface area contributed by atoms with E-state index in [9.17, 15) is 4.79 Å². The number of hydrogen-bond donors (Lipinski definition) is 2. The lowest BCUT2D eigenvalue weighted by molar-refractivity contribution is 0.0910. The monoisotopic (exact) mass is 312 g/mol. The van der Waals surface area contributed by atoms with E-state index in [0.29, 0.717) is 11.3 Å². The van der Waals surface area contributed by atoms with E-state index in [0.717, 1.165) is 24.0 Å². The van der Waals surface area contributed by atoms with Gasteiger partial charge in [-0.2, -0.15) is 0 Å². The molecule has 1 aliphatic rings. The van der Waals surface area contributed by atoms with Crippen LogP contribution in [0, 0.1) is 0 Å². The molecule has 1 saturated heterocycles. The smallest absolute Gasteiger partial charge is 0.255 e. The Bertz CT molecular complexity index is 456. The Balaban J connectivity index is 2.18. The quantitative estimate of drug-likeness (QED) is 0.897. The lowest BCUT2D eigenvalue weighted by Crippen LogP contribution is -2.47. The summed E-state index contributed by atoms with van der Waals surface area (Å²) in [5.74, 6) is 0.488. The maximum atomic E-state index is 12.3. The molecule has 0 radical (unpaired) electrons. The van der Waals surface area contributed by atoms with Crippen LogP contribution in [0.2, 0.25) is 0 Å². The molecule has 1 unspecified atom stereocenters. The summed E-state index contributed by atoms with van der Waals surface area (Å²) in [6.07, 6.45) is 0.942. The molecule has 0 bridgehead atoms. The number of amides is 1. The highest BCUT2D eigenvalue weighted by Gasteiger charge is 2.31. The van der Waals surface area contributed by atoms with Crippen molar-refractivity contribution in [2.24, 2.45) is 0 Å². The predicted molar refractivity (Wildman–Crippen MR) is 74.1 cm³/mol. The van der Waals surface area contributed by atoms with Crippen molar-refractivity contribution in [3.05, 3.63) is 28.2 Å². The lowest BCUT2D eigenvalue weighted by Gasteiger charge is -2.24. The molecule has 0 spiro atoms. The fourth-order valence-corrected chi connectivity index (χ4v) is 2.46. The highest BCUT2D eigenvalue weighted by molar-refractivity contribution is 9.10. The van der Waals surface area contributed by atoms with Gasteiger partial charge in [0.05, 0.1) is 18.2 Å². The van der Waals surface area contributed by atoms with E-state index in [2.05, 4.69) is 33.5 Å². The number of ether oxygens (including phenoxy) is 1. The SMILES string of the molecule is COc1cc(Br)ccc1C(=O)NC1(C)CCNC1. The first-order valence-electron chi connectivity index (χ1n) is 5.91. The number of hydrogen-bond acceptors (Lipinski definition) is 3. The number of nitrogens with one attached hydrogen (secondary N) is 2. The second kappa shape index (κ2) is 5.28. The zero-order valence-corrected chi connectivity index (χ0v) is 12.1. The summed E-state index contributed by atoms with van der Waals surface area (Å²) >= 11 is 3.36. The summed E-state index contributed by atoms with van der Waals surface area (Å²) < 4.78 is 6.13. The highest BCUT2D eigenvalue weighted by atomic mass is 79.9. The van der Waals surface area contributed by atoms with Gasteiger partial charge in [-0.15, -0.1) is 0 Å². The summed E-state index contributed by atoms with van der Waals surface area (Å²) in [6, 6.07) is 5.40. The largest absolute Gasteiger partial charge is 0.496 e. The minimum Gasteiger partial charge on any atom is -0.496 e. The van der Waals surface area contributed by atoms with Crippen molar-refractivity contribution in [2.75, 3.05) is 20.2 Å². The molecule has 4 nitrogen and oxygen atoms in total. The topological polar surface area (TPSA) is 50.4 Å². The molecule has 1 amide bonds. The molecule has 2 N–H and O–H groups in total. The molecular formula is C13H17BrN2O2. The third-order valence-corrected chi connectivity index (χ3v) is 3.69. The Morgan fingerprint density at radius 2 is 2.33 bits per heavy atom. The Morgan fingerprint density at radius 3 is 2.94 bits per heavy atom. The first-order valence-corrected chi connectivity index (χ1v) is 6.70. The molecule has 5 heteroatoms. The van der Waals surface area contributed by atoms with Gasteiger partial charge in [-0.3, -0.25) is 4.79 Å². The van der Waals surface area contributed by atoms with Crippen LogP contribution >= 0.6 is 15.9 Å². The summed E-state index contributed by atoms with van der Waals surface area (Å²) in [5.41, 5.74) is 0.392. The predicted octanol–water partition coefficient (Wildman–Crippen LogP) is 1.94. The number of methoxy groups -OCH3 is 1. The average Bonchev–Trinajstić information content (AvgIpc) is 2.75. The molecular weight excluding hydrogens is 296 g/mol. The van der Waals surface area contributed by atoms with E-state index < -0.39 is 0 Å².